The molecule has 0 amide bonds. The molecule has 1 N–H and O–H groups in total. The summed E-state index contributed by atoms with van der Waals surface area (Å²) in [5, 5.41) is 3.37. The standard InChI is InChI=1S/C18H21NO/c1-2-3-13-19-14-16-9-11-18(12-10-16)20-15-17-7-5-4-6-8-17/h2,4-12,19H,1,3,13-15H2. The van der Waals surface area contributed by atoms with Crippen LogP contribution in [0.25, 0.3) is 0 Å². The molecule has 0 aromatic heterocycles. The predicted molar refractivity (Wildman–Crippen MR) is 83.7 cm³/mol. The molecule has 0 atom stereocenters. The number of hydrogen-bond acceptors (Lipinski definition) is 2. The highest BCUT2D eigenvalue weighted by Crippen LogP contribution is 2.14. The molecule has 0 aliphatic heterocycles. The van der Waals surface area contributed by atoms with Crippen molar-refractivity contribution < 1.29 is 4.74 Å². The molecule has 0 spiro atoms. The van der Waals surface area contributed by atoms with Crippen LogP contribution in [0.3, 0.4) is 0 Å². The van der Waals surface area contributed by atoms with Gasteiger partial charge in [0.2, 0.25) is 0 Å². The molecule has 0 unspecified atom stereocenters. The Morgan fingerprint density at radius 1 is 0.950 bits per heavy atom. The average Bonchev–Trinajstić information content (AvgIpc) is 2.52. The SMILES string of the molecule is C=CCCNCc1ccc(OCc2ccccc2)cc1. The van der Waals surface area contributed by atoms with Gasteiger partial charge < -0.3 is 10.1 Å². The van der Waals surface area contributed by atoms with Crippen LogP contribution in [0.1, 0.15) is 17.5 Å². The van der Waals surface area contributed by atoms with Crippen LogP contribution in [0.5, 0.6) is 5.75 Å². The highest BCUT2D eigenvalue weighted by atomic mass is 16.5. The Labute approximate surface area is 121 Å². The van der Waals surface area contributed by atoms with Crippen LogP contribution in [0, 0.1) is 0 Å². The van der Waals surface area contributed by atoms with Crippen molar-refractivity contribution >= 4 is 0 Å². The van der Waals surface area contributed by atoms with E-state index in [0.717, 1.165) is 25.3 Å². The van der Waals surface area contributed by atoms with Crippen LogP contribution in [-0.2, 0) is 13.2 Å². The summed E-state index contributed by atoms with van der Waals surface area (Å²) in [7, 11) is 0. The summed E-state index contributed by atoms with van der Waals surface area (Å²) in [6.45, 7) is 6.16. The average molecular weight is 267 g/mol. The van der Waals surface area contributed by atoms with E-state index >= 15 is 0 Å². The molecule has 0 aliphatic rings. The lowest BCUT2D eigenvalue weighted by Crippen LogP contribution is -2.13. The summed E-state index contributed by atoms with van der Waals surface area (Å²) in [6, 6.07) is 18.4. The number of hydrogen-bond donors (Lipinski definition) is 1. The predicted octanol–water partition coefficient (Wildman–Crippen LogP) is 3.93. The van der Waals surface area contributed by atoms with Crippen molar-refractivity contribution in [3.63, 3.8) is 0 Å². The first-order chi connectivity index (χ1) is 9.88. The second-order valence-corrected chi connectivity index (χ2v) is 4.67. The quantitative estimate of drug-likeness (QED) is 0.578. The highest BCUT2D eigenvalue weighted by molar-refractivity contribution is 5.27. The first-order valence-electron chi connectivity index (χ1n) is 6.96. The van der Waals surface area contributed by atoms with Gasteiger partial charge in [0.1, 0.15) is 12.4 Å². The van der Waals surface area contributed by atoms with E-state index in [4.69, 9.17) is 4.74 Å². The monoisotopic (exact) mass is 267 g/mol. The fourth-order valence-electron chi connectivity index (χ4n) is 1.88. The van der Waals surface area contributed by atoms with Crippen LogP contribution in [0.2, 0.25) is 0 Å². The molecule has 2 rings (SSSR count). The minimum absolute atomic E-state index is 0.609. The van der Waals surface area contributed by atoms with Gasteiger partial charge in [0.25, 0.3) is 0 Å². The van der Waals surface area contributed by atoms with Crippen LogP contribution in [-0.4, -0.2) is 6.54 Å². The van der Waals surface area contributed by atoms with Gasteiger partial charge in [-0.15, -0.1) is 6.58 Å². The molecule has 2 nitrogen and oxygen atoms in total. The van der Waals surface area contributed by atoms with Crippen molar-refractivity contribution in [2.24, 2.45) is 0 Å². The lowest BCUT2D eigenvalue weighted by Gasteiger charge is -2.08. The first-order valence-corrected chi connectivity index (χ1v) is 6.96. The Bertz CT molecular complexity index is 505. The Morgan fingerprint density at radius 3 is 2.40 bits per heavy atom. The molecule has 0 saturated carbocycles. The molecular weight excluding hydrogens is 246 g/mol. The molecule has 104 valence electrons. The van der Waals surface area contributed by atoms with Crippen LogP contribution >= 0.6 is 0 Å². The molecule has 0 saturated heterocycles. The van der Waals surface area contributed by atoms with Gasteiger partial charge in [-0.2, -0.15) is 0 Å². The second-order valence-electron chi connectivity index (χ2n) is 4.67. The topological polar surface area (TPSA) is 21.3 Å². The van der Waals surface area contributed by atoms with Crippen LogP contribution < -0.4 is 10.1 Å². The number of ether oxygens (including phenoxy) is 1. The maximum absolute atomic E-state index is 5.76. The van der Waals surface area contributed by atoms with Gasteiger partial charge >= 0.3 is 0 Å². The molecule has 2 heteroatoms. The lowest BCUT2D eigenvalue weighted by atomic mass is 10.2. The Kier molecular flexibility index (Phi) is 5.87. The zero-order valence-corrected chi connectivity index (χ0v) is 11.7. The number of benzene rings is 2. The zero-order chi connectivity index (χ0) is 14.0. The van der Waals surface area contributed by atoms with Gasteiger partial charge in [-0.25, -0.2) is 0 Å². The molecular formula is C18H21NO. The third kappa shape index (κ3) is 4.90. The van der Waals surface area contributed by atoms with E-state index in [9.17, 15) is 0 Å². The Balaban J connectivity index is 1.78. The van der Waals surface area contributed by atoms with Crippen molar-refractivity contribution in [3.05, 3.63) is 78.4 Å². The number of rotatable bonds is 8. The fourth-order valence-corrected chi connectivity index (χ4v) is 1.88. The normalized spacial score (nSPS) is 10.2. The summed E-state index contributed by atoms with van der Waals surface area (Å²) in [5.41, 5.74) is 2.45. The molecule has 0 fully saturated rings. The van der Waals surface area contributed by atoms with E-state index in [1.54, 1.807) is 0 Å². The van der Waals surface area contributed by atoms with Crippen molar-refractivity contribution in [2.75, 3.05) is 6.54 Å². The zero-order valence-electron chi connectivity index (χ0n) is 11.7. The fraction of sp³-hybridized carbons (Fsp3) is 0.222. The van der Waals surface area contributed by atoms with Gasteiger partial charge in [0.15, 0.2) is 0 Å². The minimum atomic E-state index is 0.609. The summed E-state index contributed by atoms with van der Waals surface area (Å²) in [5.74, 6) is 0.906. The van der Waals surface area contributed by atoms with E-state index in [1.807, 2.05) is 36.4 Å². The lowest BCUT2D eigenvalue weighted by molar-refractivity contribution is 0.306. The largest absolute Gasteiger partial charge is 0.489 e. The van der Waals surface area contributed by atoms with Crippen molar-refractivity contribution in [1.29, 1.82) is 0 Å². The van der Waals surface area contributed by atoms with Gasteiger partial charge in [0.05, 0.1) is 0 Å². The number of nitrogens with one attached hydrogen (secondary N) is 1. The third-order valence-electron chi connectivity index (χ3n) is 3.03. The van der Waals surface area contributed by atoms with E-state index in [-0.39, 0.29) is 0 Å². The summed E-state index contributed by atoms with van der Waals surface area (Å²) in [6.07, 6.45) is 2.92. The van der Waals surface area contributed by atoms with Gasteiger partial charge in [-0.1, -0.05) is 48.5 Å². The molecule has 20 heavy (non-hydrogen) atoms. The van der Waals surface area contributed by atoms with Gasteiger partial charge in [-0.3, -0.25) is 0 Å². The van der Waals surface area contributed by atoms with Crippen LogP contribution in [0.4, 0.5) is 0 Å². The molecule has 2 aromatic rings. The molecule has 0 bridgehead atoms. The molecule has 0 heterocycles. The minimum Gasteiger partial charge on any atom is -0.489 e. The molecule has 2 aromatic carbocycles. The third-order valence-corrected chi connectivity index (χ3v) is 3.03. The van der Waals surface area contributed by atoms with Gasteiger partial charge in [-0.05, 0) is 36.2 Å². The molecule has 0 radical (unpaired) electrons. The van der Waals surface area contributed by atoms with E-state index in [2.05, 4.69) is 36.2 Å². The van der Waals surface area contributed by atoms with Crippen LogP contribution in [0.15, 0.2) is 67.3 Å². The van der Waals surface area contributed by atoms with Gasteiger partial charge in [0, 0.05) is 6.54 Å². The second kappa shape index (κ2) is 8.18. The first kappa shape index (κ1) is 14.4. The van der Waals surface area contributed by atoms with Crippen molar-refractivity contribution in [1.82, 2.24) is 5.32 Å². The van der Waals surface area contributed by atoms with E-state index < -0.39 is 0 Å². The maximum atomic E-state index is 5.76. The Morgan fingerprint density at radius 2 is 1.70 bits per heavy atom. The maximum Gasteiger partial charge on any atom is 0.119 e. The smallest absolute Gasteiger partial charge is 0.119 e. The van der Waals surface area contributed by atoms with Crippen molar-refractivity contribution in [2.45, 2.75) is 19.6 Å². The summed E-state index contributed by atoms with van der Waals surface area (Å²) >= 11 is 0. The summed E-state index contributed by atoms with van der Waals surface area (Å²) in [4.78, 5) is 0. The Hall–Kier alpha value is -2.06. The highest BCUT2D eigenvalue weighted by Gasteiger charge is 1.97. The van der Waals surface area contributed by atoms with Crippen molar-refractivity contribution in [3.8, 4) is 5.75 Å². The molecule has 0 aliphatic carbocycles. The summed E-state index contributed by atoms with van der Waals surface area (Å²) < 4.78 is 5.76. The van der Waals surface area contributed by atoms with E-state index in [0.29, 0.717) is 6.61 Å². The van der Waals surface area contributed by atoms with E-state index in [1.165, 1.54) is 11.1 Å².